The standard InChI is InChI=1S/C16H15N5OS/c17-14-13-11(8-3-2-6-18-7-8)12-9(4-1-5-10(12)22)19-15(13)21-16(23)20-14/h2-3,6-7,11H,1,4-5H2,(H4,17,19,20,21,23). The summed E-state index contributed by atoms with van der Waals surface area (Å²) in [5, 5.41) is 3.27. The first-order chi connectivity index (χ1) is 11.1. The van der Waals surface area contributed by atoms with Gasteiger partial charge in [0.25, 0.3) is 0 Å². The lowest BCUT2D eigenvalue weighted by molar-refractivity contribution is -0.116. The van der Waals surface area contributed by atoms with Gasteiger partial charge in [-0.3, -0.25) is 9.78 Å². The summed E-state index contributed by atoms with van der Waals surface area (Å²) < 4.78 is 0.324. The van der Waals surface area contributed by atoms with Gasteiger partial charge in [0.05, 0.1) is 0 Å². The van der Waals surface area contributed by atoms with Crippen LogP contribution in [0.15, 0.2) is 35.8 Å². The maximum Gasteiger partial charge on any atom is 0.200 e. The van der Waals surface area contributed by atoms with Crippen molar-refractivity contribution in [2.75, 3.05) is 11.1 Å². The Morgan fingerprint density at radius 1 is 1.35 bits per heavy atom. The topological polar surface area (TPSA) is 96.7 Å². The maximum atomic E-state index is 12.6. The van der Waals surface area contributed by atoms with Crippen molar-refractivity contribution in [1.29, 1.82) is 0 Å². The highest BCUT2D eigenvalue weighted by molar-refractivity contribution is 7.71. The lowest BCUT2D eigenvalue weighted by atomic mass is 9.77. The maximum absolute atomic E-state index is 12.6. The Morgan fingerprint density at radius 3 is 3.00 bits per heavy atom. The van der Waals surface area contributed by atoms with Crippen molar-refractivity contribution in [2.24, 2.45) is 0 Å². The summed E-state index contributed by atoms with van der Waals surface area (Å²) in [6.07, 6.45) is 5.71. The number of Topliss-reactive ketones (excluding diaryl/α,β-unsaturated/α-hetero) is 1. The molecule has 0 saturated heterocycles. The number of carbonyl (C=O) groups is 1. The van der Waals surface area contributed by atoms with Crippen molar-refractivity contribution in [3.05, 3.63) is 51.7 Å². The zero-order valence-electron chi connectivity index (χ0n) is 12.3. The molecular weight excluding hydrogens is 310 g/mol. The van der Waals surface area contributed by atoms with E-state index in [1.165, 1.54) is 0 Å². The molecule has 1 aliphatic carbocycles. The summed E-state index contributed by atoms with van der Waals surface area (Å²) >= 11 is 5.13. The molecular formula is C16H15N5OS. The van der Waals surface area contributed by atoms with Crippen molar-refractivity contribution in [3.8, 4) is 0 Å². The Bertz CT molecular complexity index is 887. The van der Waals surface area contributed by atoms with Gasteiger partial charge in [0.1, 0.15) is 11.6 Å². The molecule has 6 nitrogen and oxygen atoms in total. The molecule has 2 aromatic heterocycles. The lowest BCUT2D eigenvalue weighted by Crippen LogP contribution is -2.28. The summed E-state index contributed by atoms with van der Waals surface area (Å²) in [5.74, 6) is 0.960. The van der Waals surface area contributed by atoms with Gasteiger partial charge in [0.15, 0.2) is 10.6 Å². The number of anilines is 2. The van der Waals surface area contributed by atoms with Gasteiger partial charge in [-0.1, -0.05) is 6.07 Å². The van der Waals surface area contributed by atoms with Crippen LogP contribution in [-0.2, 0) is 4.79 Å². The van der Waals surface area contributed by atoms with Crippen molar-refractivity contribution in [3.63, 3.8) is 0 Å². The molecule has 2 aliphatic rings. The molecule has 1 atom stereocenters. The van der Waals surface area contributed by atoms with Crippen LogP contribution in [-0.4, -0.2) is 20.7 Å². The number of nitrogen functional groups attached to an aromatic ring is 1. The number of nitrogens with one attached hydrogen (secondary N) is 2. The fourth-order valence-electron chi connectivity index (χ4n) is 3.38. The van der Waals surface area contributed by atoms with Crippen LogP contribution >= 0.6 is 12.2 Å². The third kappa shape index (κ3) is 2.24. The molecule has 7 heteroatoms. The van der Waals surface area contributed by atoms with E-state index in [2.05, 4.69) is 20.3 Å². The molecule has 2 aromatic rings. The number of nitrogens with zero attached hydrogens (tertiary/aromatic N) is 2. The second-order valence-corrected chi connectivity index (χ2v) is 6.12. The molecule has 23 heavy (non-hydrogen) atoms. The minimum absolute atomic E-state index is 0.153. The fourth-order valence-corrected chi connectivity index (χ4v) is 3.58. The predicted octanol–water partition coefficient (Wildman–Crippen LogP) is 2.68. The first-order valence-electron chi connectivity index (χ1n) is 7.48. The Kier molecular flexibility index (Phi) is 3.23. The van der Waals surface area contributed by atoms with E-state index in [1.807, 2.05) is 12.1 Å². The van der Waals surface area contributed by atoms with Crippen LogP contribution in [0.4, 0.5) is 11.6 Å². The number of H-pyrrole nitrogens is 1. The summed E-state index contributed by atoms with van der Waals surface area (Å²) in [5.41, 5.74) is 9.57. The van der Waals surface area contributed by atoms with Crippen LogP contribution in [0.1, 0.15) is 36.3 Å². The molecule has 0 bridgehead atoms. The molecule has 1 unspecified atom stereocenters. The summed E-state index contributed by atoms with van der Waals surface area (Å²) in [4.78, 5) is 24.1. The van der Waals surface area contributed by atoms with E-state index in [1.54, 1.807) is 12.4 Å². The molecule has 0 amide bonds. The number of fused-ring (bicyclic) bond motifs is 1. The predicted molar refractivity (Wildman–Crippen MR) is 89.4 cm³/mol. The lowest BCUT2D eigenvalue weighted by Gasteiger charge is -2.33. The van der Waals surface area contributed by atoms with Gasteiger partial charge < -0.3 is 16.0 Å². The molecule has 0 aromatic carbocycles. The Labute approximate surface area is 137 Å². The zero-order valence-corrected chi connectivity index (χ0v) is 13.1. The Balaban J connectivity index is 2.01. The Hall–Kier alpha value is -2.54. The number of aromatic amines is 1. The van der Waals surface area contributed by atoms with E-state index >= 15 is 0 Å². The van der Waals surface area contributed by atoms with Gasteiger partial charge in [-0.25, -0.2) is 4.98 Å². The van der Waals surface area contributed by atoms with Crippen LogP contribution in [0.3, 0.4) is 0 Å². The second kappa shape index (κ2) is 5.27. The van der Waals surface area contributed by atoms with Gasteiger partial charge in [-0.05, 0) is 36.7 Å². The molecule has 4 N–H and O–H groups in total. The third-order valence-corrected chi connectivity index (χ3v) is 4.51. The van der Waals surface area contributed by atoms with Gasteiger partial charge in [-0.15, -0.1) is 0 Å². The fraction of sp³-hybridized carbons (Fsp3) is 0.250. The van der Waals surface area contributed by atoms with Crippen LogP contribution in [0.5, 0.6) is 0 Å². The first-order valence-corrected chi connectivity index (χ1v) is 7.89. The number of ketones is 1. The van der Waals surface area contributed by atoms with Crippen LogP contribution < -0.4 is 11.1 Å². The van der Waals surface area contributed by atoms with Gasteiger partial charge in [0, 0.05) is 41.6 Å². The quantitative estimate of drug-likeness (QED) is 0.698. The molecule has 0 fully saturated rings. The molecule has 0 saturated carbocycles. The number of nitrogens with two attached hydrogens (primary N) is 1. The smallest absolute Gasteiger partial charge is 0.200 e. The first kappa shape index (κ1) is 14.1. The van der Waals surface area contributed by atoms with E-state index in [0.717, 1.165) is 35.2 Å². The summed E-state index contributed by atoms with van der Waals surface area (Å²) in [7, 11) is 0. The van der Waals surface area contributed by atoms with E-state index in [0.29, 0.717) is 22.8 Å². The number of carbonyl (C=O) groups excluding carboxylic acids is 1. The highest BCUT2D eigenvalue weighted by Gasteiger charge is 2.37. The SMILES string of the molecule is Nc1[nH]c(=S)nc2c1C(c1cccnc1)C1=C(CCCC1=O)N2. The van der Waals surface area contributed by atoms with Crippen LogP contribution in [0.2, 0.25) is 0 Å². The van der Waals surface area contributed by atoms with E-state index in [-0.39, 0.29) is 11.7 Å². The largest absolute Gasteiger partial charge is 0.385 e. The van der Waals surface area contributed by atoms with Crippen molar-refractivity contribution >= 4 is 29.6 Å². The number of pyridine rings is 1. The van der Waals surface area contributed by atoms with Crippen molar-refractivity contribution < 1.29 is 4.79 Å². The molecule has 3 heterocycles. The van der Waals surface area contributed by atoms with Gasteiger partial charge in [-0.2, -0.15) is 0 Å². The average Bonchev–Trinajstić information content (AvgIpc) is 2.54. The normalized spacial score (nSPS) is 19.8. The molecule has 1 aliphatic heterocycles. The molecule has 116 valence electrons. The summed E-state index contributed by atoms with van der Waals surface area (Å²) in [6, 6.07) is 3.82. The number of aromatic nitrogens is 3. The van der Waals surface area contributed by atoms with E-state index in [4.69, 9.17) is 18.0 Å². The Morgan fingerprint density at radius 2 is 2.22 bits per heavy atom. The zero-order chi connectivity index (χ0) is 16.0. The monoisotopic (exact) mass is 325 g/mol. The molecule has 0 spiro atoms. The number of hydrogen-bond acceptors (Lipinski definition) is 6. The minimum Gasteiger partial charge on any atom is -0.385 e. The third-order valence-electron chi connectivity index (χ3n) is 4.32. The molecule has 0 radical (unpaired) electrons. The van der Waals surface area contributed by atoms with E-state index in [9.17, 15) is 4.79 Å². The summed E-state index contributed by atoms with van der Waals surface area (Å²) in [6.45, 7) is 0. The molecule has 4 rings (SSSR count). The van der Waals surface area contributed by atoms with Gasteiger partial charge in [0.2, 0.25) is 0 Å². The number of hydrogen-bond donors (Lipinski definition) is 3. The van der Waals surface area contributed by atoms with Crippen LogP contribution in [0, 0.1) is 4.77 Å². The number of rotatable bonds is 1. The van der Waals surface area contributed by atoms with Gasteiger partial charge >= 0.3 is 0 Å². The second-order valence-electron chi connectivity index (χ2n) is 5.73. The minimum atomic E-state index is -0.262. The van der Waals surface area contributed by atoms with Crippen LogP contribution in [0.25, 0.3) is 0 Å². The number of allylic oxidation sites excluding steroid dienone is 2. The highest BCUT2D eigenvalue weighted by Crippen LogP contribution is 2.45. The van der Waals surface area contributed by atoms with E-state index < -0.39 is 0 Å². The van der Waals surface area contributed by atoms with Crippen molar-refractivity contribution in [2.45, 2.75) is 25.2 Å². The average molecular weight is 325 g/mol. The highest BCUT2D eigenvalue weighted by atomic mass is 32.1. The van der Waals surface area contributed by atoms with Crippen molar-refractivity contribution in [1.82, 2.24) is 15.0 Å².